The second kappa shape index (κ2) is 3.22. The first-order valence-corrected chi connectivity index (χ1v) is 3.08. The van der Waals surface area contributed by atoms with E-state index in [0.717, 1.165) is 0 Å². The molecule has 0 bridgehead atoms. The number of amides is 1. The highest BCUT2D eigenvalue weighted by molar-refractivity contribution is 6.30. The maximum atomic E-state index is 9.91. The molecule has 0 heterocycles. The average Bonchev–Trinajstić information content (AvgIpc) is 1.88. The van der Waals surface area contributed by atoms with Crippen LogP contribution in [0.4, 0.5) is 5.69 Å². The minimum absolute atomic E-state index is 0.585. The standard InChI is InChI=1S/C7H5ClNO/c8-6-2-1-3-7(4-6)9-5-10/h1-2,4-5H,(H,9,10). The summed E-state index contributed by atoms with van der Waals surface area (Å²) in [6.07, 6.45) is 0.585. The Morgan fingerprint density at radius 1 is 1.70 bits per heavy atom. The fourth-order valence-corrected chi connectivity index (χ4v) is 0.758. The van der Waals surface area contributed by atoms with E-state index in [1.54, 1.807) is 18.2 Å². The number of carbonyl (C=O) groups excluding carboxylic acids is 1. The van der Waals surface area contributed by atoms with Crippen molar-refractivity contribution >= 4 is 23.7 Å². The Kier molecular flexibility index (Phi) is 2.29. The van der Waals surface area contributed by atoms with Gasteiger partial charge < -0.3 is 5.32 Å². The van der Waals surface area contributed by atoms with E-state index in [2.05, 4.69) is 11.4 Å². The molecule has 0 aliphatic carbocycles. The van der Waals surface area contributed by atoms with E-state index in [-0.39, 0.29) is 0 Å². The number of anilines is 1. The van der Waals surface area contributed by atoms with Crippen molar-refractivity contribution in [2.24, 2.45) is 0 Å². The van der Waals surface area contributed by atoms with Crippen molar-refractivity contribution in [2.75, 3.05) is 5.32 Å². The van der Waals surface area contributed by atoms with Gasteiger partial charge in [-0.05, 0) is 12.1 Å². The highest BCUT2D eigenvalue weighted by atomic mass is 35.5. The molecule has 1 aromatic carbocycles. The van der Waals surface area contributed by atoms with Crippen LogP contribution < -0.4 is 5.32 Å². The lowest BCUT2D eigenvalue weighted by Crippen LogP contribution is -1.92. The first-order chi connectivity index (χ1) is 4.83. The summed E-state index contributed by atoms with van der Waals surface area (Å²) < 4.78 is 0. The van der Waals surface area contributed by atoms with Gasteiger partial charge in [0.05, 0.1) is 0 Å². The fraction of sp³-hybridized carbons (Fsp3) is 0. The van der Waals surface area contributed by atoms with Gasteiger partial charge in [0, 0.05) is 16.8 Å². The molecular weight excluding hydrogens is 150 g/mol. The number of halogens is 1. The molecule has 1 N–H and O–H groups in total. The lowest BCUT2D eigenvalue weighted by Gasteiger charge is -1.95. The summed E-state index contributed by atoms with van der Waals surface area (Å²) in [6, 6.07) is 7.74. The largest absolute Gasteiger partial charge is 0.328 e. The van der Waals surface area contributed by atoms with Crippen molar-refractivity contribution < 1.29 is 4.79 Å². The van der Waals surface area contributed by atoms with E-state index >= 15 is 0 Å². The normalized spacial score (nSPS) is 8.90. The summed E-state index contributed by atoms with van der Waals surface area (Å²) in [5, 5.41) is 3.01. The number of rotatable bonds is 2. The quantitative estimate of drug-likeness (QED) is 0.646. The third-order valence-electron chi connectivity index (χ3n) is 0.978. The van der Waals surface area contributed by atoms with Crippen LogP contribution in [-0.4, -0.2) is 6.41 Å². The minimum atomic E-state index is 0.585. The summed E-state index contributed by atoms with van der Waals surface area (Å²) in [5.41, 5.74) is 0.586. The molecule has 1 amide bonds. The summed E-state index contributed by atoms with van der Waals surface area (Å²) in [7, 11) is 0. The highest BCUT2D eigenvalue weighted by Crippen LogP contribution is 2.12. The summed E-state index contributed by atoms with van der Waals surface area (Å²) in [4.78, 5) is 9.91. The Labute approximate surface area is 63.8 Å². The molecule has 0 spiro atoms. The zero-order chi connectivity index (χ0) is 7.40. The zero-order valence-corrected chi connectivity index (χ0v) is 5.85. The molecule has 0 aliphatic rings. The van der Waals surface area contributed by atoms with Gasteiger partial charge >= 0.3 is 0 Å². The van der Waals surface area contributed by atoms with Gasteiger partial charge in [-0.15, -0.1) is 0 Å². The molecule has 0 aromatic heterocycles. The second-order valence-electron chi connectivity index (χ2n) is 1.68. The van der Waals surface area contributed by atoms with Gasteiger partial charge in [0.2, 0.25) is 6.41 Å². The lowest BCUT2D eigenvalue weighted by atomic mass is 10.3. The Morgan fingerprint density at radius 3 is 3.10 bits per heavy atom. The lowest BCUT2D eigenvalue weighted by molar-refractivity contribution is -0.105. The Bertz CT molecular complexity index is 237. The molecule has 51 valence electrons. The van der Waals surface area contributed by atoms with Crippen molar-refractivity contribution in [3.05, 3.63) is 29.3 Å². The van der Waals surface area contributed by atoms with Crippen LogP contribution in [0.15, 0.2) is 18.2 Å². The molecule has 0 saturated carbocycles. The van der Waals surface area contributed by atoms with Crippen LogP contribution in [0, 0.1) is 6.07 Å². The monoisotopic (exact) mass is 154 g/mol. The second-order valence-corrected chi connectivity index (χ2v) is 2.12. The van der Waals surface area contributed by atoms with E-state index in [1.807, 2.05) is 0 Å². The fourth-order valence-electron chi connectivity index (χ4n) is 0.586. The average molecular weight is 155 g/mol. The Morgan fingerprint density at radius 2 is 2.50 bits per heavy atom. The molecule has 0 unspecified atom stereocenters. The predicted molar refractivity (Wildman–Crippen MR) is 40.0 cm³/mol. The minimum Gasteiger partial charge on any atom is -0.328 e. The smallest absolute Gasteiger partial charge is 0.211 e. The molecule has 1 rings (SSSR count). The molecule has 0 atom stereocenters. The van der Waals surface area contributed by atoms with Crippen molar-refractivity contribution in [1.29, 1.82) is 0 Å². The first-order valence-electron chi connectivity index (χ1n) is 2.70. The van der Waals surface area contributed by atoms with Crippen LogP contribution in [0.2, 0.25) is 5.02 Å². The van der Waals surface area contributed by atoms with Gasteiger partial charge in [0.25, 0.3) is 0 Å². The number of benzene rings is 1. The van der Waals surface area contributed by atoms with Gasteiger partial charge in [-0.1, -0.05) is 17.7 Å². The first kappa shape index (κ1) is 7.09. The van der Waals surface area contributed by atoms with Gasteiger partial charge in [0.15, 0.2) is 0 Å². The van der Waals surface area contributed by atoms with E-state index in [9.17, 15) is 4.79 Å². The van der Waals surface area contributed by atoms with Gasteiger partial charge in [-0.3, -0.25) is 4.79 Å². The van der Waals surface area contributed by atoms with E-state index < -0.39 is 0 Å². The van der Waals surface area contributed by atoms with E-state index in [1.165, 1.54) is 0 Å². The summed E-state index contributed by atoms with van der Waals surface area (Å²) in [6.45, 7) is 0. The molecule has 0 fully saturated rings. The number of hydrogen-bond donors (Lipinski definition) is 1. The van der Waals surface area contributed by atoms with E-state index in [4.69, 9.17) is 11.6 Å². The number of carbonyl (C=O) groups is 1. The molecular formula is C7H5ClNO. The van der Waals surface area contributed by atoms with Gasteiger partial charge in [-0.2, -0.15) is 0 Å². The van der Waals surface area contributed by atoms with Crippen LogP contribution >= 0.6 is 11.6 Å². The SMILES string of the molecule is O=CNc1[c]ccc(Cl)c1. The van der Waals surface area contributed by atoms with Crippen LogP contribution in [-0.2, 0) is 4.79 Å². The van der Waals surface area contributed by atoms with E-state index in [0.29, 0.717) is 17.1 Å². The number of hydrogen-bond acceptors (Lipinski definition) is 1. The molecule has 0 aliphatic heterocycles. The maximum Gasteiger partial charge on any atom is 0.211 e. The van der Waals surface area contributed by atoms with Gasteiger partial charge in [-0.25, -0.2) is 0 Å². The Hall–Kier alpha value is -1.02. The molecule has 2 nitrogen and oxygen atoms in total. The molecule has 10 heavy (non-hydrogen) atoms. The van der Waals surface area contributed by atoms with Crippen LogP contribution in [0.25, 0.3) is 0 Å². The zero-order valence-electron chi connectivity index (χ0n) is 5.10. The van der Waals surface area contributed by atoms with Crippen molar-refractivity contribution in [1.82, 2.24) is 0 Å². The molecule has 1 radical (unpaired) electrons. The van der Waals surface area contributed by atoms with Crippen molar-refractivity contribution in [2.45, 2.75) is 0 Å². The van der Waals surface area contributed by atoms with Crippen LogP contribution in [0.3, 0.4) is 0 Å². The third kappa shape index (κ3) is 1.74. The summed E-state index contributed by atoms with van der Waals surface area (Å²) >= 11 is 5.60. The molecule has 0 saturated heterocycles. The summed E-state index contributed by atoms with van der Waals surface area (Å²) in [5.74, 6) is 0. The molecule has 1 aromatic rings. The highest BCUT2D eigenvalue weighted by Gasteiger charge is 1.89. The third-order valence-corrected chi connectivity index (χ3v) is 1.21. The predicted octanol–water partition coefficient (Wildman–Crippen LogP) is 1.71. The van der Waals surface area contributed by atoms with Crippen molar-refractivity contribution in [3.8, 4) is 0 Å². The van der Waals surface area contributed by atoms with Gasteiger partial charge in [0.1, 0.15) is 0 Å². The topological polar surface area (TPSA) is 29.1 Å². The van der Waals surface area contributed by atoms with Crippen LogP contribution in [0.5, 0.6) is 0 Å². The molecule has 3 heteroatoms. The van der Waals surface area contributed by atoms with Crippen LogP contribution in [0.1, 0.15) is 0 Å². The Balaban J connectivity index is 2.84. The maximum absolute atomic E-state index is 9.91. The van der Waals surface area contributed by atoms with Crippen molar-refractivity contribution in [3.63, 3.8) is 0 Å². The number of nitrogens with one attached hydrogen (secondary N) is 1.